The molecule has 0 radical (unpaired) electrons. The average molecular weight is 458 g/mol. The number of aryl methyl sites for hydroxylation is 1. The van der Waals surface area contributed by atoms with E-state index in [0.717, 1.165) is 0 Å². The van der Waals surface area contributed by atoms with Gasteiger partial charge in [0.05, 0.1) is 41.3 Å². The molecule has 0 aliphatic heterocycles. The minimum absolute atomic E-state index is 0.0655. The van der Waals surface area contributed by atoms with Crippen molar-refractivity contribution < 1.29 is 4.39 Å². The number of rotatable bonds is 6. The molecule has 0 fully saturated rings. The fraction of sp³-hybridized carbons (Fsp3) is 0.143. The third-order valence-electron chi connectivity index (χ3n) is 5.34. The van der Waals surface area contributed by atoms with Crippen molar-refractivity contribution in [3.8, 4) is 5.69 Å². The van der Waals surface area contributed by atoms with Gasteiger partial charge in [-0.2, -0.15) is 10.2 Å². The van der Waals surface area contributed by atoms with Gasteiger partial charge in [0.1, 0.15) is 35.2 Å². The van der Waals surface area contributed by atoms with Gasteiger partial charge in [-0.1, -0.05) is 17.3 Å². The number of hydrogen-bond donors (Lipinski definition) is 3. The largest absolute Gasteiger partial charge is 0.383 e. The molecule has 12 nitrogen and oxygen atoms in total. The fourth-order valence-electron chi connectivity index (χ4n) is 3.55. The van der Waals surface area contributed by atoms with Crippen LogP contribution in [0.1, 0.15) is 29.8 Å². The van der Waals surface area contributed by atoms with E-state index in [9.17, 15) is 4.39 Å². The van der Waals surface area contributed by atoms with Gasteiger partial charge in [0, 0.05) is 12.6 Å². The molecule has 0 spiro atoms. The zero-order valence-electron chi connectivity index (χ0n) is 18.2. The van der Waals surface area contributed by atoms with Gasteiger partial charge in [0.2, 0.25) is 0 Å². The SMILES string of the molecule is CC(Nc1ncnc(N)c1C(=N)c1cnnc2c1cnn2C)c1cn(-c2ccccc2F)nn1. The first-order valence-corrected chi connectivity index (χ1v) is 10.2. The van der Waals surface area contributed by atoms with Gasteiger partial charge in [0.25, 0.3) is 0 Å². The highest BCUT2D eigenvalue weighted by atomic mass is 19.1. The Balaban J connectivity index is 1.48. The normalized spacial score (nSPS) is 12.1. The average Bonchev–Trinajstić information content (AvgIpc) is 3.47. The highest BCUT2D eigenvalue weighted by molar-refractivity contribution is 6.20. The molecule has 4 aromatic heterocycles. The van der Waals surface area contributed by atoms with Crippen LogP contribution in [0.5, 0.6) is 0 Å². The van der Waals surface area contributed by atoms with Gasteiger partial charge in [-0.3, -0.25) is 5.41 Å². The summed E-state index contributed by atoms with van der Waals surface area (Å²) >= 11 is 0. The molecule has 1 unspecified atom stereocenters. The third kappa shape index (κ3) is 3.58. The molecular weight excluding hydrogens is 439 g/mol. The molecule has 5 rings (SSSR count). The summed E-state index contributed by atoms with van der Waals surface area (Å²) in [5.41, 5.74) is 8.37. The molecule has 5 aromatic rings. The maximum absolute atomic E-state index is 14.1. The molecule has 0 saturated heterocycles. The van der Waals surface area contributed by atoms with Crippen molar-refractivity contribution in [3.05, 3.63) is 71.8 Å². The highest BCUT2D eigenvalue weighted by Crippen LogP contribution is 2.27. The minimum Gasteiger partial charge on any atom is -0.383 e. The summed E-state index contributed by atoms with van der Waals surface area (Å²) in [6.45, 7) is 1.84. The van der Waals surface area contributed by atoms with Gasteiger partial charge < -0.3 is 11.1 Å². The molecule has 1 aromatic carbocycles. The molecule has 0 aliphatic carbocycles. The second-order valence-corrected chi connectivity index (χ2v) is 7.53. The van der Waals surface area contributed by atoms with Gasteiger partial charge in [-0.15, -0.1) is 10.2 Å². The van der Waals surface area contributed by atoms with E-state index in [2.05, 4.69) is 40.9 Å². The van der Waals surface area contributed by atoms with E-state index in [1.54, 1.807) is 42.3 Å². The number of hydrogen-bond acceptors (Lipinski definition) is 10. The Morgan fingerprint density at radius 3 is 2.82 bits per heavy atom. The Morgan fingerprint density at radius 2 is 2.00 bits per heavy atom. The van der Waals surface area contributed by atoms with Gasteiger partial charge in [0.15, 0.2) is 5.65 Å². The summed E-state index contributed by atoms with van der Waals surface area (Å²) in [5.74, 6) is 0.0457. The van der Waals surface area contributed by atoms with Crippen LogP contribution in [-0.4, -0.2) is 50.7 Å². The van der Waals surface area contributed by atoms with Crippen LogP contribution >= 0.6 is 0 Å². The van der Waals surface area contributed by atoms with E-state index < -0.39 is 11.9 Å². The van der Waals surface area contributed by atoms with Gasteiger partial charge >= 0.3 is 0 Å². The van der Waals surface area contributed by atoms with Crippen LogP contribution in [0.15, 0.2) is 49.2 Å². The monoisotopic (exact) mass is 458 g/mol. The Hall–Kier alpha value is -4.81. The van der Waals surface area contributed by atoms with Crippen LogP contribution in [0.4, 0.5) is 16.0 Å². The number of nitrogens with zero attached hydrogens (tertiary/aromatic N) is 9. The molecule has 0 aliphatic rings. The topological polar surface area (TPSA) is 162 Å². The number of nitrogen functional groups attached to an aromatic ring is 1. The Labute approximate surface area is 192 Å². The summed E-state index contributed by atoms with van der Waals surface area (Å²) in [6.07, 6.45) is 6.02. The van der Waals surface area contributed by atoms with E-state index in [1.165, 1.54) is 23.3 Å². The van der Waals surface area contributed by atoms with Crippen LogP contribution in [0, 0.1) is 11.2 Å². The fourth-order valence-corrected chi connectivity index (χ4v) is 3.55. The number of anilines is 2. The molecular formula is C21H19FN12. The maximum Gasteiger partial charge on any atom is 0.180 e. The lowest BCUT2D eigenvalue weighted by Gasteiger charge is -2.17. The Morgan fingerprint density at radius 1 is 1.18 bits per heavy atom. The third-order valence-corrected chi connectivity index (χ3v) is 5.34. The molecule has 13 heteroatoms. The summed E-state index contributed by atoms with van der Waals surface area (Å²) < 4.78 is 17.1. The van der Waals surface area contributed by atoms with Gasteiger partial charge in [-0.05, 0) is 19.1 Å². The van der Waals surface area contributed by atoms with E-state index >= 15 is 0 Å². The van der Waals surface area contributed by atoms with Crippen LogP contribution in [0.3, 0.4) is 0 Å². The molecule has 0 amide bonds. The predicted octanol–water partition coefficient (Wildman–Crippen LogP) is 2.04. The molecule has 34 heavy (non-hydrogen) atoms. The minimum atomic E-state index is -0.411. The van der Waals surface area contributed by atoms with Crippen molar-refractivity contribution in [2.24, 2.45) is 7.05 Å². The first-order valence-electron chi connectivity index (χ1n) is 10.2. The van der Waals surface area contributed by atoms with Crippen molar-refractivity contribution >= 4 is 28.4 Å². The van der Waals surface area contributed by atoms with Crippen molar-refractivity contribution in [3.63, 3.8) is 0 Å². The summed E-state index contributed by atoms with van der Waals surface area (Å²) in [7, 11) is 1.74. The first-order chi connectivity index (χ1) is 16.4. The standard InChI is InChI=1S/C21H19FN12/c1-11(15-9-34(32-30-15)16-6-4-3-5-14(16)22)29-20-17(19(24)25-10-26-20)18(23)12-7-27-31-21-13(12)8-28-33(21)2/h3-11,23H,1-2H3,(H3,24,25,26,29). The zero-order chi connectivity index (χ0) is 23.8. The van der Waals surface area contributed by atoms with E-state index in [-0.39, 0.29) is 17.2 Å². The number of aromatic nitrogens is 9. The lowest BCUT2D eigenvalue weighted by molar-refractivity contribution is 0.607. The molecule has 4 N–H and O–H groups in total. The second-order valence-electron chi connectivity index (χ2n) is 7.53. The summed E-state index contributed by atoms with van der Waals surface area (Å²) in [5, 5.41) is 33.2. The van der Waals surface area contributed by atoms with Crippen LogP contribution in [0.2, 0.25) is 0 Å². The number of benzene rings is 1. The lowest BCUT2D eigenvalue weighted by Crippen LogP contribution is -2.16. The number of nitrogens with two attached hydrogens (primary N) is 1. The second kappa shape index (κ2) is 8.27. The van der Waals surface area contributed by atoms with Crippen molar-refractivity contribution in [1.82, 2.24) is 44.9 Å². The first kappa shape index (κ1) is 21.1. The van der Waals surface area contributed by atoms with Gasteiger partial charge in [-0.25, -0.2) is 23.7 Å². The van der Waals surface area contributed by atoms with Crippen LogP contribution in [0.25, 0.3) is 16.7 Å². The summed E-state index contributed by atoms with van der Waals surface area (Å²) in [6, 6.07) is 5.89. The Kier molecular flexibility index (Phi) is 5.12. The van der Waals surface area contributed by atoms with Crippen LogP contribution < -0.4 is 11.1 Å². The van der Waals surface area contributed by atoms with Crippen molar-refractivity contribution in [2.45, 2.75) is 13.0 Å². The molecule has 170 valence electrons. The van der Waals surface area contributed by atoms with Crippen molar-refractivity contribution in [2.75, 3.05) is 11.1 Å². The number of halogens is 1. The predicted molar refractivity (Wildman–Crippen MR) is 122 cm³/mol. The Bertz CT molecular complexity index is 1520. The van der Waals surface area contributed by atoms with E-state index in [4.69, 9.17) is 11.1 Å². The molecule has 1 atom stereocenters. The zero-order valence-corrected chi connectivity index (χ0v) is 18.2. The van der Waals surface area contributed by atoms with Crippen LogP contribution in [-0.2, 0) is 7.05 Å². The number of fused-ring (bicyclic) bond motifs is 1. The lowest BCUT2D eigenvalue weighted by atomic mass is 10.0. The van der Waals surface area contributed by atoms with Crippen molar-refractivity contribution in [1.29, 1.82) is 5.41 Å². The molecule has 4 heterocycles. The molecule has 0 saturated carbocycles. The molecule has 0 bridgehead atoms. The van der Waals surface area contributed by atoms with E-state index in [0.29, 0.717) is 33.7 Å². The maximum atomic E-state index is 14.1. The number of nitrogens with one attached hydrogen (secondary N) is 2. The quantitative estimate of drug-likeness (QED) is 0.323. The summed E-state index contributed by atoms with van der Waals surface area (Å²) in [4.78, 5) is 8.36. The smallest absolute Gasteiger partial charge is 0.180 e. The van der Waals surface area contributed by atoms with E-state index in [1.807, 2.05) is 6.92 Å². The highest BCUT2D eigenvalue weighted by Gasteiger charge is 2.22. The number of para-hydroxylation sites is 1.